The van der Waals surface area contributed by atoms with Gasteiger partial charge in [-0.15, -0.1) is 0 Å². The highest BCUT2D eigenvalue weighted by Gasteiger charge is 2.12. The first-order valence-electron chi connectivity index (χ1n) is 6.81. The molecule has 1 fully saturated rings. The second kappa shape index (κ2) is 7.46. The van der Waals surface area contributed by atoms with Gasteiger partial charge in [-0.2, -0.15) is 0 Å². The van der Waals surface area contributed by atoms with Crippen LogP contribution in [0.3, 0.4) is 0 Å². The summed E-state index contributed by atoms with van der Waals surface area (Å²) in [5.41, 5.74) is 1.43. The van der Waals surface area contributed by atoms with Crippen LogP contribution in [0.5, 0.6) is 0 Å². The Morgan fingerprint density at radius 1 is 1.18 bits per heavy atom. The molecule has 0 aromatic heterocycles. The molecule has 1 saturated heterocycles. The first kappa shape index (κ1) is 12.6. The summed E-state index contributed by atoms with van der Waals surface area (Å²) < 4.78 is 5.68. The molecule has 2 nitrogen and oxygen atoms in total. The first-order chi connectivity index (χ1) is 8.45. The molecule has 0 spiro atoms. The Kier molecular flexibility index (Phi) is 5.53. The van der Waals surface area contributed by atoms with Crippen LogP contribution in [0.15, 0.2) is 30.3 Å². The molecule has 0 saturated carbocycles. The fourth-order valence-electron chi connectivity index (χ4n) is 2.29. The second-order valence-corrected chi connectivity index (χ2v) is 4.78. The van der Waals surface area contributed by atoms with Crippen LogP contribution in [0, 0.1) is 0 Å². The highest BCUT2D eigenvalue weighted by atomic mass is 16.5. The van der Waals surface area contributed by atoms with Crippen LogP contribution >= 0.6 is 0 Å². The van der Waals surface area contributed by atoms with E-state index in [1.54, 1.807) is 0 Å². The van der Waals surface area contributed by atoms with Crippen molar-refractivity contribution < 1.29 is 4.74 Å². The molecule has 17 heavy (non-hydrogen) atoms. The number of hydrogen-bond acceptors (Lipinski definition) is 2. The highest BCUT2D eigenvalue weighted by Crippen LogP contribution is 2.11. The van der Waals surface area contributed by atoms with E-state index in [1.165, 1.54) is 37.7 Å². The minimum absolute atomic E-state index is 0.459. The Hall–Kier alpha value is -0.860. The lowest BCUT2D eigenvalue weighted by Gasteiger charge is -2.22. The van der Waals surface area contributed by atoms with E-state index in [2.05, 4.69) is 35.6 Å². The van der Waals surface area contributed by atoms with Gasteiger partial charge < -0.3 is 10.1 Å². The largest absolute Gasteiger partial charge is 0.377 e. The van der Waals surface area contributed by atoms with Crippen LogP contribution in [0.4, 0.5) is 0 Å². The van der Waals surface area contributed by atoms with Crippen LogP contribution in [0.25, 0.3) is 0 Å². The zero-order valence-corrected chi connectivity index (χ0v) is 10.5. The Morgan fingerprint density at radius 3 is 2.82 bits per heavy atom. The van der Waals surface area contributed by atoms with Crippen molar-refractivity contribution in [2.24, 2.45) is 0 Å². The predicted octanol–water partition coefficient (Wildman–Crippen LogP) is 2.78. The van der Waals surface area contributed by atoms with E-state index in [0.717, 1.165) is 19.7 Å². The van der Waals surface area contributed by atoms with Crippen LogP contribution in [0.1, 0.15) is 31.2 Å². The normalized spacial score (nSPS) is 20.4. The smallest absolute Gasteiger partial charge is 0.0699 e. The van der Waals surface area contributed by atoms with Crippen molar-refractivity contribution in [1.29, 1.82) is 0 Å². The summed E-state index contributed by atoms with van der Waals surface area (Å²) in [7, 11) is 0. The lowest BCUT2D eigenvalue weighted by molar-refractivity contribution is 0.0170. The molecule has 0 bridgehead atoms. The van der Waals surface area contributed by atoms with Crippen molar-refractivity contribution >= 4 is 0 Å². The average Bonchev–Trinajstić information content (AvgIpc) is 2.41. The molecule has 94 valence electrons. The third-order valence-corrected chi connectivity index (χ3v) is 3.31. The van der Waals surface area contributed by atoms with E-state index < -0.39 is 0 Å². The first-order valence-corrected chi connectivity index (χ1v) is 6.81. The third kappa shape index (κ3) is 4.88. The van der Waals surface area contributed by atoms with Gasteiger partial charge in [0.25, 0.3) is 0 Å². The quantitative estimate of drug-likeness (QED) is 0.763. The lowest BCUT2D eigenvalue weighted by atomic mass is 10.1. The van der Waals surface area contributed by atoms with Gasteiger partial charge in [0, 0.05) is 13.2 Å². The molecule has 0 radical (unpaired) electrons. The molecule has 0 aliphatic carbocycles. The predicted molar refractivity (Wildman–Crippen MR) is 71.2 cm³/mol. The van der Waals surface area contributed by atoms with E-state index in [4.69, 9.17) is 4.74 Å². The van der Waals surface area contributed by atoms with E-state index in [-0.39, 0.29) is 0 Å². The number of hydrogen-bond donors (Lipinski definition) is 1. The molecule has 1 aliphatic rings. The maximum Gasteiger partial charge on any atom is 0.0699 e. The van der Waals surface area contributed by atoms with Crippen LogP contribution in [-0.2, 0) is 11.2 Å². The Morgan fingerprint density at radius 2 is 2.06 bits per heavy atom. The number of rotatable bonds is 6. The second-order valence-electron chi connectivity index (χ2n) is 4.78. The van der Waals surface area contributed by atoms with Crippen molar-refractivity contribution in [3.05, 3.63) is 35.9 Å². The number of nitrogens with one attached hydrogen (secondary N) is 1. The molecule has 1 aromatic rings. The molecule has 1 atom stereocenters. The van der Waals surface area contributed by atoms with Crippen molar-refractivity contribution in [2.45, 2.75) is 38.2 Å². The molecular weight excluding hydrogens is 210 g/mol. The minimum Gasteiger partial charge on any atom is -0.377 e. The van der Waals surface area contributed by atoms with Crippen LogP contribution in [-0.4, -0.2) is 25.8 Å². The molecule has 2 heteroatoms. The molecule has 1 aliphatic heterocycles. The van der Waals surface area contributed by atoms with E-state index in [9.17, 15) is 0 Å². The zero-order chi connectivity index (χ0) is 11.8. The summed E-state index contributed by atoms with van der Waals surface area (Å²) >= 11 is 0. The minimum atomic E-state index is 0.459. The van der Waals surface area contributed by atoms with E-state index in [1.807, 2.05) is 0 Å². The Balaban J connectivity index is 1.51. The van der Waals surface area contributed by atoms with Gasteiger partial charge in [-0.1, -0.05) is 30.3 Å². The van der Waals surface area contributed by atoms with E-state index >= 15 is 0 Å². The molecule has 2 rings (SSSR count). The average molecular weight is 233 g/mol. The van der Waals surface area contributed by atoms with Gasteiger partial charge >= 0.3 is 0 Å². The van der Waals surface area contributed by atoms with Crippen molar-refractivity contribution in [3.8, 4) is 0 Å². The third-order valence-electron chi connectivity index (χ3n) is 3.31. The number of aryl methyl sites for hydroxylation is 1. The Labute approximate surface area is 104 Å². The van der Waals surface area contributed by atoms with Crippen molar-refractivity contribution in [2.75, 3.05) is 19.7 Å². The standard InChI is InChI=1S/C15H23NO/c1-2-7-14(8-3-1)9-6-11-16-13-15-10-4-5-12-17-15/h1-3,7-8,15-16H,4-6,9-13H2. The van der Waals surface area contributed by atoms with Crippen LogP contribution < -0.4 is 5.32 Å². The van der Waals surface area contributed by atoms with Gasteiger partial charge in [-0.25, -0.2) is 0 Å². The summed E-state index contributed by atoms with van der Waals surface area (Å²) in [5, 5.41) is 3.50. The maximum absolute atomic E-state index is 5.68. The Bertz CT molecular complexity index is 293. The van der Waals surface area contributed by atoms with Crippen LogP contribution in [0.2, 0.25) is 0 Å². The summed E-state index contributed by atoms with van der Waals surface area (Å²) in [6, 6.07) is 10.7. The lowest BCUT2D eigenvalue weighted by Crippen LogP contribution is -2.32. The highest BCUT2D eigenvalue weighted by molar-refractivity contribution is 5.14. The summed E-state index contributed by atoms with van der Waals surface area (Å²) in [4.78, 5) is 0. The van der Waals surface area contributed by atoms with Gasteiger partial charge in [0.15, 0.2) is 0 Å². The summed E-state index contributed by atoms with van der Waals surface area (Å²) in [6.45, 7) is 3.07. The van der Waals surface area contributed by atoms with Gasteiger partial charge in [-0.3, -0.25) is 0 Å². The van der Waals surface area contributed by atoms with E-state index in [0.29, 0.717) is 6.10 Å². The molecule has 0 amide bonds. The fraction of sp³-hybridized carbons (Fsp3) is 0.600. The topological polar surface area (TPSA) is 21.3 Å². The van der Waals surface area contributed by atoms with Crippen molar-refractivity contribution in [3.63, 3.8) is 0 Å². The molecule has 1 N–H and O–H groups in total. The molecular formula is C15H23NO. The fourth-order valence-corrected chi connectivity index (χ4v) is 2.29. The monoisotopic (exact) mass is 233 g/mol. The van der Waals surface area contributed by atoms with Gasteiger partial charge in [0.2, 0.25) is 0 Å². The van der Waals surface area contributed by atoms with Gasteiger partial charge in [0.05, 0.1) is 6.10 Å². The van der Waals surface area contributed by atoms with Gasteiger partial charge in [-0.05, 0) is 44.2 Å². The molecule has 1 heterocycles. The number of ether oxygens (including phenoxy) is 1. The summed E-state index contributed by atoms with van der Waals surface area (Å²) in [6.07, 6.45) is 6.63. The molecule has 1 unspecified atom stereocenters. The SMILES string of the molecule is c1ccc(CCCNCC2CCCCO2)cc1. The van der Waals surface area contributed by atoms with Crippen molar-refractivity contribution in [1.82, 2.24) is 5.32 Å². The summed E-state index contributed by atoms with van der Waals surface area (Å²) in [5.74, 6) is 0. The number of benzene rings is 1. The maximum atomic E-state index is 5.68. The molecule has 1 aromatic carbocycles. The van der Waals surface area contributed by atoms with Gasteiger partial charge in [0.1, 0.15) is 0 Å². The zero-order valence-electron chi connectivity index (χ0n) is 10.5.